The number of nitrogens with one attached hydrogen (secondary N) is 3. The highest BCUT2D eigenvalue weighted by Crippen LogP contribution is 2.40. The molecule has 4 N–H and O–H groups in total. The third-order valence-corrected chi connectivity index (χ3v) is 11.3. The van der Waals surface area contributed by atoms with Gasteiger partial charge >= 0.3 is 5.97 Å². The highest BCUT2D eigenvalue weighted by Gasteiger charge is 2.45. The number of Topliss-reactive ketones (excluding diaryl/α,β-unsaturated/α-hetero) is 1. The van der Waals surface area contributed by atoms with Gasteiger partial charge in [-0.2, -0.15) is 0 Å². The van der Waals surface area contributed by atoms with Gasteiger partial charge in [-0.1, -0.05) is 34.1 Å². The van der Waals surface area contributed by atoms with Crippen LogP contribution in [0.3, 0.4) is 0 Å². The molecule has 296 valence electrons. The minimum Gasteiger partial charge on any atom is -0.458 e. The molecular formula is C40H50FN5O8S. The van der Waals surface area contributed by atoms with Crippen molar-refractivity contribution < 1.29 is 38.2 Å². The Morgan fingerprint density at radius 1 is 1.04 bits per heavy atom. The second-order valence-electron chi connectivity index (χ2n) is 14.8. The van der Waals surface area contributed by atoms with Crippen LogP contribution in [0.25, 0.3) is 22.3 Å². The zero-order valence-electron chi connectivity index (χ0n) is 32.2. The van der Waals surface area contributed by atoms with E-state index in [-0.39, 0.29) is 79.5 Å². The van der Waals surface area contributed by atoms with E-state index in [0.717, 1.165) is 18.6 Å². The maximum Gasteiger partial charge on any atom is 0.343 e. The summed E-state index contributed by atoms with van der Waals surface area (Å²) in [4.78, 5) is 80.8. The Labute approximate surface area is 323 Å². The lowest BCUT2D eigenvalue weighted by atomic mass is 9.86. The summed E-state index contributed by atoms with van der Waals surface area (Å²) >= 11 is 1.55. The second-order valence-corrected chi connectivity index (χ2v) is 15.9. The molecule has 3 atom stereocenters. The van der Waals surface area contributed by atoms with Gasteiger partial charge in [0.1, 0.15) is 12.4 Å². The molecule has 0 radical (unpaired) electrons. The summed E-state index contributed by atoms with van der Waals surface area (Å²) in [6, 6.07) is 3.97. The molecule has 1 aromatic carbocycles. The van der Waals surface area contributed by atoms with Gasteiger partial charge < -0.3 is 30.4 Å². The number of ether oxygens (including phenoxy) is 1. The number of nitrogens with zero attached hydrogens (tertiary/aromatic N) is 2. The van der Waals surface area contributed by atoms with Gasteiger partial charge in [0, 0.05) is 53.8 Å². The molecule has 0 aliphatic carbocycles. The number of rotatable bonds is 17. The Morgan fingerprint density at radius 3 is 2.49 bits per heavy atom. The zero-order chi connectivity index (χ0) is 40.2. The first-order valence-corrected chi connectivity index (χ1v) is 20.0. The van der Waals surface area contributed by atoms with Crippen molar-refractivity contribution in [1.82, 2.24) is 25.5 Å². The minimum absolute atomic E-state index is 0.00488. The van der Waals surface area contributed by atoms with Crippen molar-refractivity contribution in [2.75, 3.05) is 11.6 Å². The van der Waals surface area contributed by atoms with Gasteiger partial charge in [-0.25, -0.2) is 14.2 Å². The van der Waals surface area contributed by atoms with Crippen LogP contribution in [-0.4, -0.2) is 61.8 Å². The van der Waals surface area contributed by atoms with Crippen LogP contribution < -0.4 is 21.5 Å². The number of carbonyl (C=O) groups is 5. The number of thioether (sulfide) groups is 1. The van der Waals surface area contributed by atoms with Crippen LogP contribution in [0, 0.1) is 24.6 Å². The van der Waals surface area contributed by atoms with E-state index in [1.165, 1.54) is 10.6 Å². The molecule has 2 aromatic heterocycles. The van der Waals surface area contributed by atoms with Crippen molar-refractivity contribution in [3.05, 3.63) is 62.2 Å². The van der Waals surface area contributed by atoms with Crippen LogP contribution in [0.5, 0.6) is 0 Å². The molecule has 0 fully saturated rings. The lowest BCUT2D eigenvalue weighted by Gasteiger charge is -2.31. The number of esters is 1. The van der Waals surface area contributed by atoms with Gasteiger partial charge in [-0.05, 0) is 62.1 Å². The number of amides is 3. The predicted octanol–water partition coefficient (Wildman–Crippen LogP) is 4.27. The van der Waals surface area contributed by atoms with Gasteiger partial charge in [-0.3, -0.25) is 24.0 Å². The number of fused-ring (bicyclic) bond motifs is 5. The second kappa shape index (κ2) is 17.4. The maximum atomic E-state index is 14.8. The first-order chi connectivity index (χ1) is 26.1. The molecule has 0 bridgehead atoms. The summed E-state index contributed by atoms with van der Waals surface area (Å²) in [7, 11) is 0. The standard InChI is InChI=1S/C40H50FN5O8S/c1-7-40(53)29-15-32-35-27(18-46(32)38(51)28(29)19-54-39(40)52)26(25-13-22(4)30(41)16-31(25)45-35)17-42-34(48)11-9-8-10-12-55-20-43-37(50)23(5)14-33(47)24(6)44-36(49)21(2)3/h13,15-16,21,23-24,53H,7-12,14,17-20H2,1-6H3,(H,42,48)(H,43,50)(H,44,49)/t23-,24+,40+/m1/s1. The molecule has 13 nitrogen and oxygen atoms in total. The topological polar surface area (TPSA) is 186 Å². The number of aliphatic hydroxyl groups is 1. The Kier molecular flexibility index (Phi) is 13.2. The molecule has 3 aromatic rings. The number of hydrogen-bond acceptors (Lipinski definition) is 10. The van der Waals surface area contributed by atoms with Crippen LogP contribution in [0.15, 0.2) is 23.0 Å². The van der Waals surface area contributed by atoms with Crippen molar-refractivity contribution in [2.24, 2.45) is 11.8 Å². The number of benzene rings is 1. The van der Waals surface area contributed by atoms with Crippen molar-refractivity contribution in [2.45, 2.75) is 111 Å². The number of unbranched alkanes of at least 4 members (excludes halogenated alkanes) is 2. The Bertz CT molecular complexity index is 2080. The summed E-state index contributed by atoms with van der Waals surface area (Å²) in [6.45, 7) is 10.1. The summed E-state index contributed by atoms with van der Waals surface area (Å²) in [6.07, 6.45) is 2.61. The minimum atomic E-state index is -1.98. The van der Waals surface area contributed by atoms with Gasteiger partial charge in [0.2, 0.25) is 17.7 Å². The monoisotopic (exact) mass is 779 g/mol. The summed E-state index contributed by atoms with van der Waals surface area (Å²) in [5, 5.41) is 20.4. The van der Waals surface area contributed by atoms with E-state index in [1.54, 1.807) is 65.4 Å². The fraction of sp³-hybridized carbons (Fsp3) is 0.525. The number of cyclic esters (lactones) is 1. The quantitative estimate of drug-likeness (QED) is 0.0686. The molecule has 15 heteroatoms. The van der Waals surface area contributed by atoms with E-state index in [0.29, 0.717) is 51.3 Å². The van der Waals surface area contributed by atoms with Gasteiger partial charge in [0.25, 0.3) is 5.56 Å². The van der Waals surface area contributed by atoms with Gasteiger partial charge in [0.05, 0.1) is 40.9 Å². The van der Waals surface area contributed by atoms with E-state index in [9.17, 15) is 38.3 Å². The Morgan fingerprint density at radius 2 is 1.78 bits per heavy atom. The third kappa shape index (κ3) is 8.93. The number of pyridine rings is 2. The van der Waals surface area contributed by atoms with E-state index in [1.807, 2.05) is 0 Å². The first-order valence-electron chi connectivity index (χ1n) is 18.8. The molecular weight excluding hydrogens is 730 g/mol. The maximum absolute atomic E-state index is 14.8. The molecule has 0 saturated heterocycles. The summed E-state index contributed by atoms with van der Waals surface area (Å²) in [5.74, 6) is -1.63. The highest BCUT2D eigenvalue weighted by atomic mass is 32.2. The Hall–Kier alpha value is -4.63. The smallest absolute Gasteiger partial charge is 0.343 e. The normalized spacial score (nSPS) is 16.9. The fourth-order valence-corrected chi connectivity index (χ4v) is 7.63. The van der Waals surface area contributed by atoms with Crippen LogP contribution >= 0.6 is 11.8 Å². The third-order valence-electron chi connectivity index (χ3n) is 10.4. The fourth-order valence-electron chi connectivity index (χ4n) is 6.84. The van der Waals surface area contributed by atoms with Crippen LogP contribution in [0.1, 0.15) is 101 Å². The van der Waals surface area contributed by atoms with Crippen LogP contribution in [0.4, 0.5) is 4.39 Å². The molecule has 3 amide bonds. The average Bonchev–Trinajstić information content (AvgIpc) is 3.51. The zero-order valence-corrected chi connectivity index (χ0v) is 33.0. The molecule has 5 rings (SSSR count). The van der Waals surface area contributed by atoms with Crippen molar-refractivity contribution >= 4 is 52.1 Å². The first kappa shape index (κ1) is 41.5. The lowest BCUT2D eigenvalue weighted by molar-refractivity contribution is -0.172. The van der Waals surface area contributed by atoms with E-state index >= 15 is 0 Å². The summed E-state index contributed by atoms with van der Waals surface area (Å²) < 4.78 is 21.5. The highest BCUT2D eigenvalue weighted by molar-refractivity contribution is 7.99. The van der Waals surface area contributed by atoms with Crippen LogP contribution in [0.2, 0.25) is 0 Å². The molecule has 0 unspecified atom stereocenters. The van der Waals surface area contributed by atoms with E-state index < -0.39 is 34.9 Å². The number of ketones is 1. The predicted molar refractivity (Wildman–Crippen MR) is 206 cm³/mol. The molecule has 4 heterocycles. The number of carbonyl (C=O) groups excluding carboxylic acids is 5. The molecule has 0 saturated carbocycles. The summed E-state index contributed by atoms with van der Waals surface area (Å²) in [5.41, 5.74) is 0.988. The molecule has 0 spiro atoms. The Balaban J connectivity index is 1.13. The number of hydrogen-bond donors (Lipinski definition) is 4. The average molecular weight is 780 g/mol. The number of halogens is 1. The van der Waals surface area contributed by atoms with Crippen molar-refractivity contribution in [3.8, 4) is 11.4 Å². The molecule has 55 heavy (non-hydrogen) atoms. The lowest BCUT2D eigenvalue weighted by Crippen LogP contribution is -2.44. The number of aryl methyl sites for hydroxylation is 1. The number of aromatic nitrogens is 2. The molecule has 2 aliphatic rings. The van der Waals surface area contributed by atoms with Crippen molar-refractivity contribution in [1.29, 1.82) is 0 Å². The van der Waals surface area contributed by atoms with Crippen LogP contribution in [-0.2, 0) is 54.0 Å². The van der Waals surface area contributed by atoms with Crippen molar-refractivity contribution in [3.63, 3.8) is 0 Å². The van der Waals surface area contributed by atoms with Gasteiger partial charge in [-0.15, -0.1) is 11.8 Å². The largest absolute Gasteiger partial charge is 0.458 e. The SMILES string of the molecule is CC[C@@]1(O)C(=O)OCc2c1cc1n(c2=O)Cc2c-1nc1cc(F)c(C)cc1c2CNC(=O)CCCCCSCNC(=O)[C@H](C)CC(=O)[C@H](C)NC(=O)C(C)C. The van der Waals surface area contributed by atoms with Gasteiger partial charge in [0.15, 0.2) is 11.4 Å². The molecule has 2 aliphatic heterocycles. The van der Waals surface area contributed by atoms with E-state index in [2.05, 4.69) is 16.0 Å². The van der Waals surface area contributed by atoms with E-state index in [4.69, 9.17) is 9.72 Å².